The number of nitriles is 1. The summed E-state index contributed by atoms with van der Waals surface area (Å²) in [5.74, 6) is 0.230. The number of hydrogen-bond donors (Lipinski definition) is 1. The van der Waals surface area contributed by atoms with Crippen LogP contribution in [0.3, 0.4) is 0 Å². The van der Waals surface area contributed by atoms with Crippen molar-refractivity contribution in [3.63, 3.8) is 0 Å². The molecule has 0 saturated carbocycles. The van der Waals surface area contributed by atoms with Gasteiger partial charge in [-0.3, -0.25) is 9.59 Å². The average molecular weight is 380 g/mol. The topological polar surface area (TPSA) is 97.7 Å². The second kappa shape index (κ2) is 8.69. The first-order valence-electron chi connectivity index (χ1n) is 7.07. The second-order valence-corrected chi connectivity index (χ2v) is 7.08. The van der Waals surface area contributed by atoms with E-state index in [1.54, 1.807) is 18.2 Å². The van der Waals surface area contributed by atoms with Crippen molar-refractivity contribution in [1.82, 2.24) is 5.32 Å². The number of thioether (sulfide) groups is 2. The van der Waals surface area contributed by atoms with E-state index in [4.69, 9.17) is 9.47 Å². The third kappa shape index (κ3) is 4.41. The molecule has 0 unspecified atom stereocenters. The van der Waals surface area contributed by atoms with Gasteiger partial charge in [0.2, 0.25) is 0 Å². The molecule has 7 nitrogen and oxygen atoms in total. The van der Waals surface area contributed by atoms with E-state index in [2.05, 4.69) is 10.1 Å². The summed E-state index contributed by atoms with van der Waals surface area (Å²) in [5, 5.41) is 11.6. The van der Waals surface area contributed by atoms with Crippen LogP contribution in [0.1, 0.15) is 10.9 Å². The summed E-state index contributed by atoms with van der Waals surface area (Å²) in [7, 11) is 4.35. The number of methoxy groups -OCH3 is 3. The average Bonchev–Trinajstić information content (AvgIpc) is 2.64. The summed E-state index contributed by atoms with van der Waals surface area (Å²) in [6, 6.07) is 7.19. The molecule has 1 aliphatic rings. The quantitative estimate of drug-likeness (QED) is 0.750. The first kappa shape index (κ1) is 19.0. The molecular formula is C16H16N2O5S2. The molecule has 2 rings (SSSR count). The van der Waals surface area contributed by atoms with Crippen molar-refractivity contribution in [3.8, 4) is 17.6 Å². The van der Waals surface area contributed by atoms with Crippen LogP contribution < -0.4 is 14.8 Å². The number of benzene rings is 1. The Morgan fingerprint density at radius 3 is 2.64 bits per heavy atom. The van der Waals surface area contributed by atoms with Crippen LogP contribution in [0.4, 0.5) is 0 Å². The fourth-order valence-corrected chi connectivity index (χ4v) is 4.34. The Morgan fingerprint density at radius 2 is 2.04 bits per heavy atom. The molecule has 0 fully saturated rings. The van der Waals surface area contributed by atoms with Crippen LogP contribution >= 0.6 is 23.5 Å². The van der Waals surface area contributed by atoms with Crippen molar-refractivity contribution in [3.05, 3.63) is 33.6 Å². The predicted octanol–water partition coefficient (Wildman–Crippen LogP) is 2.21. The normalized spacial score (nSPS) is 16.7. The number of nitrogens with one attached hydrogen (secondary N) is 1. The van der Waals surface area contributed by atoms with Crippen LogP contribution in [0, 0.1) is 11.3 Å². The van der Waals surface area contributed by atoms with Gasteiger partial charge in [0.05, 0.1) is 31.3 Å². The van der Waals surface area contributed by atoms with Crippen LogP contribution in [-0.4, -0.2) is 39.0 Å². The summed E-state index contributed by atoms with van der Waals surface area (Å²) in [6.07, 6.45) is 0. The first-order valence-corrected chi connectivity index (χ1v) is 8.94. The van der Waals surface area contributed by atoms with Gasteiger partial charge in [0, 0.05) is 0 Å². The number of rotatable bonds is 6. The number of carbonyl (C=O) groups excluding carboxylic acids is 2. The van der Waals surface area contributed by atoms with E-state index in [9.17, 15) is 14.9 Å². The molecular weight excluding hydrogens is 364 g/mol. The molecule has 132 valence electrons. The zero-order valence-electron chi connectivity index (χ0n) is 13.8. The fraction of sp³-hybridized carbons (Fsp3) is 0.312. The van der Waals surface area contributed by atoms with Crippen LogP contribution in [0.25, 0.3) is 0 Å². The lowest BCUT2D eigenvalue weighted by atomic mass is 10.2. The van der Waals surface area contributed by atoms with Crippen molar-refractivity contribution >= 4 is 35.4 Å². The van der Waals surface area contributed by atoms with E-state index in [1.807, 2.05) is 6.07 Å². The summed E-state index contributed by atoms with van der Waals surface area (Å²) in [4.78, 5) is 23.6. The first-order chi connectivity index (χ1) is 12.0. The molecule has 25 heavy (non-hydrogen) atoms. The van der Waals surface area contributed by atoms with Crippen molar-refractivity contribution in [2.45, 2.75) is 5.37 Å². The highest BCUT2D eigenvalue weighted by atomic mass is 32.2. The molecule has 0 saturated heterocycles. The Labute approximate surface area is 153 Å². The monoisotopic (exact) mass is 380 g/mol. The lowest BCUT2D eigenvalue weighted by Gasteiger charge is -2.25. The minimum absolute atomic E-state index is 0.00405. The highest BCUT2D eigenvalue weighted by Gasteiger charge is 2.30. The van der Waals surface area contributed by atoms with E-state index in [0.29, 0.717) is 15.7 Å². The Morgan fingerprint density at radius 1 is 1.32 bits per heavy atom. The van der Waals surface area contributed by atoms with Crippen LogP contribution in [-0.2, 0) is 14.3 Å². The Balaban J connectivity index is 2.28. The molecule has 1 heterocycles. The Hall–Kier alpha value is -2.31. The summed E-state index contributed by atoms with van der Waals surface area (Å²) < 4.78 is 15.6. The molecule has 0 bridgehead atoms. The summed E-state index contributed by atoms with van der Waals surface area (Å²) in [5.41, 5.74) is 0.778. The van der Waals surface area contributed by atoms with Gasteiger partial charge in [0.15, 0.2) is 11.5 Å². The van der Waals surface area contributed by atoms with E-state index >= 15 is 0 Å². The molecule has 0 spiro atoms. The van der Waals surface area contributed by atoms with E-state index in [1.165, 1.54) is 33.1 Å². The van der Waals surface area contributed by atoms with Gasteiger partial charge < -0.3 is 19.5 Å². The molecule has 1 aromatic carbocycles. The maximum atomic E-state index is 12.2. The van der Waals surface area contributed by atoms with Gasteiger partial charge in [-0.15, -0.1) is 11.8 Å². The maximum absolute atomic E-state index is 12.2. The third-order valence-electron chi connectivity index (χ3n) is 3.29. The minimum Gasteiger partial charge on any atom is -0.493 e. The highest BCUT2D eigenvalue weighted by Crippen LogP contribution is 2.44. The molecule has 1 aliphatic heterocycles. The van der Waals surface area contributed by atoms with E-state index in [-0.39, 0.29) is 11.3 Å². The largest absolute Gasteiger partial charge is 0.493 e. The van der Waals surface area contributed by atoms with Crippen molar-refractivity contribution in [1.29, 1.82) is 5.26 Å². The minimum atomic E-state index is -0.478. The van der Waals surface area contributed by atoms with Gasteiger partial charge in [-0.05, 0) is 17.7 Å². The predicted molar refractivity (Wildman–Crippen MR) is 95.1 cm³/mol. The van der Waals surface area contributed by atoms with Gasteiger partial charge in [-0.2, -0.15) is 5.26 Å². The lowest BCUT2D eigenvalue weighted by Crippen LogP contribution is -2.31. The van der Waals surface area contributed by atoms with Crippen LogP contribution in [0.5, 0.6) is 11.5 Å². The van der Waals surface area contributed by atoms with Gasteiger partial charge in [-0.25, -0.2) is 0 Å². The number of hydrogen-bond acceptors (Lipinski definition) is 8. The zero-order valence-corrected chi connectivity index (χ0v) is 15.5. The fourth-order valence-electron chi connectivity index (χ4n) is 2.03. The summed E-state index contributed by atoms with van der Waals surface area (Å²) >= 11 is 2.40. The number of ether oxygens (including phenoxy) is 3. The lowest BCUT2D eigenvalue weighted by molar-refractivity contribution is -0.137. The van der Waals surface area contributed by atoms with Gasteiger partial charge in [-0.1, -0.05) is 17.8 Å². The molecule has 0 radical (unpaired) electrons. The van der Waals surface area contributed by atoms with Gasteiger partial charge in [0.1, 0.15) is 17.0 Å². The molecule has 1 atom stereocenters. The van der Waals surface area contributed by atoms with E-state index in [0.717, 1.165) is 17.3 Å². The van der Waals surface area contributed by atoms with Gasteiger partial charge >= 0.3 is 5.97 Å². The number of nitrogens with zero attached hydrogens (tertiary/aromatic N) is 1. The van der Waals surface area contributed by atoms with Crippen molar-refractivity contribution < 1.29 is 23.8 Å². The number of amides is 1. The van der Waals surface area contributed by atoms with Gasteiger partial charge in [0.25, 0.3) is 5.91 Å². The Bertz CT molecular complexity index is 757. The van der Waals surface area contributed by atoms with E-state index < -0.39 is 17.3 Å². The smallest absolute Gasteiger partial charge is 0.316 e. The molecule has 0 aromatic heterocycles. The molecule has 9 heteroatoms. The van der Waals surface area contributed by atoms with Crippen molar-refractivity contribution in [2.75, 3.05) is 27.1 Å². The number of esters is 1. The SMILES string of the molecule is COC(=O)CSC1=C(C#N)C(=O)N[C@@H](c2ccc(OC)c(OC)c2)S1. The maximum Gasteiger partial charge on any atom is 0.316 e. The molecule has 1 N–H and O–H groups in total. The summed E-state index contributed by atoms with van der Waals surface area (Å²) in [6.45, 7) is 0. The third-order valence-corrected chi connectivity index (χ3v) is 5.82. The number of carbonyl (C=O) groups is 2. The van der Waals surface area contributed by atoms with Crippen LogP contribution in [0.2, 0.25) is 0 Å². The van der Waals surface area contributed by atoms with Crippen molar-refractivity contribution in [2.24, 2.45) is 0 Å². The zero-order chi connectivity index (χ0) is 18.4. The molecule has 1 aromatic rings. The van der Waals surface area contributed by atoms with Crippen LogP contribution in [0.15, 0.2) is 28.0 Å². The Kier molecular flexibility index (Phi) is 6.61. The second-order valence-electron chi connectivity index (χ2n) is 4.72. The highest BCUT2D eigenvalue weighted by molar-refractivity contribution is 8.22. The molecule has 0 aliphatic carbocycles. The molecule has 1 amide bonds. The standard InChI is InChI=1S/C16H16N2O5S2/c1-21-11-5-4-9(6-12(11)22-2)15-18-14(20)10(7-17)16(25-15)24-8-13(19)23-3/h4-6,15H,8H2,1-3H3,(H,18,20)/t15-/m1/s1.